The molecule has 1 amide bonds. The summed E-state index contributed by atoms with van der Waals surface area (Å²) >= 11 is 0. The van der Waals surface area contributed by atoms with Gasteiger partial charge in [-0.25, -0.2) is 0 Å². The maximum absolute atomic E-state index is 13.3. The fourth-order valence-corrected chi connectivity index (χ4v) is 3.65. The van der Waals surface area contributed by atoms with Gasteiger partial charge in [0, 0.05) is 24.7 Å². The van der Waals surface area contributed by atoms with E-state index in [-0.39, 0.29) is 5.91 Å². The summed E-state index contributed by atoms with van der Waals surface area (Å²) in [6, 6.07) is 20.0. The lowest BCUT2D eigenvalue weighted by molar-refractivity contribution is -0.140. The SMILES string of the molecule is O=C(C(Oc1ccccc1)c1ccccc1)N1CCC(NCC2CC2)CC1. The largest absolute Gasteiger partial charge is 0.476 e. The van der Waals surface area contributed by atoms with Crippen molar-refractivity contribution in [2.24, 2.45) is 5.92 Å². The maximum Gasteiger partial charge on any atom is 0.268 e. The van der Waals surface area contributed by atoms with Gasteiger partial charge in [-0.2, -0.15) is 0 Å². The number of nitrogens with one attached hydrogen (secondary N) is 1. The molecule has 4 rings (SSSR count). The fraction of sp³-hybridized carbons (Fsp3) is 0.435. The van der Waals surface area contributed by atoms with Crippen LogP contribution in [0.2, 0.25) is 0 Å². The van der Waals surface area contributed by atoms with Gasteiger partial charge in [0.2, 0.25) is 6.10 Å². The number of carbonyl (C=O) groups excluding carboxylic acids is 1. The summed E-state index contributed by atoms with van der Waals surface area (Å²) in [5.74, 6) is 1.68. The number of amides is 1. The lowest BCUT2D eigenvalue weighted by Gasteiger charge is -2.34. The summed E-state index contributed by atoms with van der Waals surface area (Å²) in [4.78, 5) is 15.2. The fourth-order valence-electron chi connectivity index (χ4n) is 3.65. The minimum atomic E-state index is -0.593. The smallest absolute Gasteiger partial charge is 0.268 e. The predicted octanol–water partition coefficient (Wildman–Crippen LogP) is 3.80. The van der Waals surface area contributed by atoms with Crippen LogP contribution in [0.5, 0.6) is 5.75 Å². The molecule has 1 aliphatic carbocycles. The third-order valence-electron chi connectivity index (χ3n) is 5.52. The molecule has 1 aliphatic heterocycles. The molecule has 2 aromatic rings. The average molecular weight is 364 g/mol. The molecule has 1 N–H and O–H groups in total. The molecule has 2 aliphatic rings. The van der Waals surface area contributed by atoms with Gasteiger partial charge in [0.15, 0.2) is 0 Å². The van der Waals surface area contributed by atoms with E-state index in [1.54, 1.807) is 0 Å². The minimum Gasteiger partial charge on any atom is -0.476 e. The molecule has 1 heterocycles. The van der Waals surface area contributed by atoms with E-state index < -0.39 is 6.10 Å². The highest BCUT2D eigenvalue weighted by molar-refractivity contribution is 5.82. The van der Waals surface area contributed by atoms with Crippen molar-refractivity contribution in [2.75, 3.05) is 19.6 Å². The summed E-state index contributed by atoms with van der Waals surface area (Å²) in [7, 11) is 0. The highest BCUT2D eigenvalue weighted by Gasteiger charge is 2.31. The molecular weight excluding hydrogens is 336 g/mol. The zero-order valence-corrected chi connectivity index (χ0v) is 15.7. The summed E-state index contributed by atoms with van der Waals surface area (Å²) in [6.07, 6.45) is 4.20. The highest BCUT2D eigenvalue weighted by atomic mass is 16.5. The summed E-state index contributed by atoms with van der Waals surface area (Å²) in [6.45, 7) is 2.73. The molecule has 0 aromatic heterocycles. The summed E-state index contributed by atoms with van der Waals surface area (Å²) < 4.78 is 6.12. The molecule has 0 bridgehead atoms. The zero-order chi connectivity index (χ0) is 18.5. The maximum atomic E-state index is 13.3. The second-order valence-corrected chi connectivity index (χ2v) is 7.67. The topological polar surface area (TPSA) is 41.6 Å². The zero-order valence-electron chi connectivity index (χ0n) is 15.7. The van der Waals surface area contributed by atoms with E-state index >= 15 is 0 Å². The van der Waals surface area contributed by atoms with Gasteiger partial charge in [-0.3, -0.25) is 4.79 Å². The molecule has 2 fully saturated rings. The molecule has 1 saturated carbocycles. The second kappa shape index (κ2) is 8.57. The lowest BCUT2D eigenvalue weighted by atomic mass is 10.0. The van der Waals surface area contributed by atoms with Crippen molar-refractivity contribution < 1.29 is 9.53 Å². The Labute approximate surface area is 161 Å². The van der Waals surface area contributed by atoms with Crippen molar-refractivity contribution in [1.29, 1.82) is 0 Å². The molecule has 142 valence electrons. The molecule has 1 atom stereocenters. The normalized spacial score (nSPS) is 18.9. The van der Waals surface area contributed by atoms with Crippen LogP contribution >= 0.6 is 0 Å². The quantitative estimate of drug-likeness (QED) is 0.813. The Morgan fingerprint density at radius 1 is 0.963 bits per heavy atom. The van der Waals surface area contributed by atoms with Gasteiger partial charge in [0.1, 0.15) is 5.75 Å². The second-order valence-electron chi connectivity index (χ2n) is 7.67. The molecule has 1 saturated heterocycles. The summed E-state index contributed by atoms with van der Waals surface area (Å²) in [5.41, 5.74) is 0.903. The van der Waals surface area contributed by atoms with Crippen LogP contribution in [0.1, 0.15) is 37.4 Å². The van der Waals surface area contributed by atoms with Crippen LogP contribution in [0.3, 0.4) is 0 Å². The third kappa shape index (κ3) is 4.89. The van der Waals surface area contributed by atoms with Crippen molar-refractivity contribution in [1.82, 2.24) is 10.2 Å². The average Bonchev–Trinajstić information content (AvgIpc) is 3.56. The van der Waals surface area contributed by atoms with Crippen LogP contribution in [-0.2, 0) is 4.79 Å². The number of carbonyl (C=O) groups is 1. The number of nitrogens with zero attached hydrogens (tertiary/aromatic N) is 1. The monoisotopic (exact) mass is 364 g/mol. The lowest BCUT2D eigenvalue weighted by Crippen LogP contribution is -2.47. The van der Waals surface area contributed by atoms with Gasteiger partial charge in [-0.15, -0.1) is 0 Å². The Hall–Kier alpha value is -2.33. The van der Waals surface area contributed by atoms with Crippen molar-refractivity contribution >= 4 is 5.91 Å². The first-order valence-corrected chi connectivity index (χ1v) is 10.1. The van der Waals surface area contributed by atoms with Gasteiger partial charge in [-0.1, -0.05) is 48.5 Å². The van der Waals surface area contributed by atoms with Gasteiger partial charge >= 0.3 is 0 Å². The van der Waals surface area contributed by atoms with E-state index in [0.29, 0.717) is 6.04 Å². The molecule has 0 spiro atoms. The first-order chi connectivity index (χ1) is 13.3. The van der Waals surface area contributed by atoms with Crippen molar-refractivity contribution in [2.45, 2.75) is 37.8 Å². The van der Waals surface area contributed by atoms with Crippen LogP contribution in [0.4, 0.5) is 0 Å². The molecule has 4 nitrogen and oxygen atoms in total. The van der Waals surface area contributed by atoms with E-state index in [4.69, 9.17) is 4.74 Å². The van der Waals surface area contributed by atoms with Crippen LogP contribution < -0.4 is 10.1 Å². The summed E-state index contributed by atoms with van der Waals surface area (Å²) in [5, 5.41) is 3.67. The van der Waals surface area contributed by atoms with E-state index in [2.05, 4.69) is 5.32 Å². The number of para-hydroxylation sites is 1. The van der Waals surface area contributed by atoms with Crippen LogP contribution in [0.15, 0.2) is 60.7 Å². The number of hydrogen-bond donors (Lipinski definition) is 1. The standard InChI is InChI=1S/C23H28N2O2/c26-23(25-15-13-20(14-16-25)24-17-18-11-12-18)22(19-7-3-1-4-8-19)27-21-9-5-2-6-10-21/h1-10,18,20,22,24H,11-17H2. The third-order valence-corrected chi connectivity index (χ3v) is 5.52. The number of piperidine rings is 1. The van der Waals surface area contributed by atoms with E-state index in [9.17, 15) is 4.79 Å². The first kappa shape index (κ1) is 18.1. The number of rotatable bonds is 7. The Morgan fingerprint density at radius 2 is 1.59 bits per heavy atom. The highest BCUT2D eigenvalue weighted by Crippen LogP contribution is 2.29. The first-order valence-electron chi connectivity index (χ1n) is 10.1. The molecule has 0 radical (unpaired) electrons. The van der Waals surface area contributed by atoms with Crippen molar-refractivity contribution in [3.8, 4) is 5.75 Å². The minimum absolute atomic E-state index is 0.0608. The molecule has 1 unspecified atom stereocenters. The molecule has 27 heavy (non-hydrogen) atoms. The van der Waals surface area contributed by atoms with Gasteiger partial charge < -0.3 is 15.0 Å². The van der Waals surface area contributed by atoms with E-state index in [1.807, 2.05) is 65.6 Å². The van der Waals surface area contributed by atoms with Gasteiger partial charge in [-0.05, 0) is 50.3 Å². The molecule has 2 aromatic carbocycles. The number of likely N-dealkylation sites (tertiary alicyclic amines) is 1. The van der Waals surface area contributed by atoms with E-state index in [1.165, 1.54) is 12.8 Å². The number of benzene rings is 2. The Balaban J connectivity index is 1.41. The predicted molar refractivity (Wildman–Crippen MR) is 107 cm³/mol. The van der Waals surface area contributed by atoms with Crippen molar-refractivity contribution in [3.05, 3.63) is 66.2 Å². The molecular formula is C23H28N2O2. The van der Waals surface area contributed by atoms with Crippen LogP contribution in [-0.4, -0.2) is 36.5 Å². The van der Waals surface area contributed by atoms with Crippen molar-refractivity contribution in [3.63, 3.8) is 0 Å². The van der Waals surface area contributed by atoms with Crippen LogP contribution in [0.25, 0.3) is 0 Å². The number of hydrogen-bond acceptors (Lipinski definition) is 3. The molecule has 4 heteroatoms. The van der Waals surface area contributed by atoms with E-state index in [0.717, 1.165) is 49.7 Å². The van der Waals surface area contributed by atoms with Crippen LogP contribution in [0, 0.1) is 5.92 Å². The Kier molecular flexibility index (Phi) is 5.73. The Morgan fingerprint density at radius 3 is 2.22 bits per heavy atom. The van der Waals surface area contributed by atoms with Gasteiger partial charge in [0.25, 0.3) is 5.91 Å². The number of ether oxygens (including phenoxy) is 1. The Bertz CT molecular complexity index is 723. The van der Waals surface area contributed by atoms with Gasteiger partial charge in [0.05, 0.1) is 0 Å².